The van der Waals surface area contributed by atoms with Crippen molar-refractivity contribution in [3.63, 3.8) is 0 Å². The second kappa shape index (κ2) is 5.47. The third kappa shape index (κ3) is 2.63. The van der Waals surface area contributed by atoms with E-state index in [1.807, 2.05) is 0 Å². The highest BCUT2D eigenvalue weighted by molar-refractivity contribution is 9.10. The summed E-state index contributed by atoms with van der Waals surface area (Å²) in [5.41, 5.74) is 0.534. The second-order valence-electron chi connectivity index (χ2n) is 4.38. The summed E-state index contributed by atoms with van der Waals surface area (Å²) >= 11 is 9.44. The Morgan fingerprint density at radius 1 is 1.61 bits per heavy atom. The van der Waals surface area contributed by atoms with Crippen LogP contribution in [0.1, 0.15) is 18.5 Å². The standard InChI is InChI=1S/C12H14BrClN2O2/c1-6(16-12(18)7-4-15-5-7)10-9(17)3-2-8(13)11(10)14/h2-3,6-7,15,17H,4-5H2,1H3,(H,16,18). The molecule has 1 unspecified atom stereocenters. The molecule has 0 radical (unpaired) electrons. The Balaban J connectivity index is 2.15. The van der Waals surface area contributed by atoms with Gasteiger partial charge in [0, 0.05) is 23.1 Å². The van der Waals surface area contributed by atoms with E-state index in [4.69, 9.17) is 11.6 Å². The minimum Gasteiger partial charge on any atom is -0.508 e. The smallest absolute Gasteiger partial charge is 0.226 e. The molecule has 98 valence electrons. The Labute approximate surface area is 119 Å². The number of hydrogen-bond acceptors (Lipinski definition) is 3. The molecule has 0 spiro atoms. The van der Waals surface area contributed by atoms with E-state index in [1.165, 1.54) is 0 Å². The lowest BCUT2D eigenvalue weighted by molar-refractivity contribution is -0.127. The molecular formula is C12H14BrClN2O2. The van der Waals surface area contributed by atoms with Gasteiger partial charge in [0.25, 0.3) is 0 Å². The van der Waals surface area contributed by atoms with Gasteiger partial charge in [0.2, 0.25) is 5.91 Å². The predicted octanol–water partition coefficient (Wildman–Crippen LogP) is 2.20. The molecular weight excluding hydrogens is 320 g/mol. The minimum absolute atomic E-state index is 0.0144. The summed E-state index contributed by atoms with van der Waals surface area (Å²) in [6, 6.07) is 2.90. The largest absolute Gasteiger partial charge is 0.508 e. The van der Waals surface area contributed by atoms with Crippen LogP contribution < -0.4 is 10.6 Å². The molecule has 1 amide bonds. The molecule has 6 heteroatoms. The van der Waals surface area contributed by atoms with E-state index in [9.17, 15) is 9.90 Å². The highest BCUT2D eigenvalue weighted by atomic mass is 79.9. The van der Waals surface area contributed by atoms with Gasteiger partial charge in [-0.3, -0.25) is 4.79 Å². The average Bonchev–Trinajstić information content (AvgIpc) is 2.21. The van der Waals surface area contributed by atoms with Gasteiger partial charge < -0.3 is 15.7 Å². The number of phenolic OH excluding ortho intramolecular Hbond substituents is 1. The lowest BCUT2D eigenvalue weighted by Crippen LogP contribution is -2.51. The summed E-state index contributed by atoms with van der Waals surface area (Å²) in [5, 5.41) is 16.2. The van der Waals surface area contributed by atoms with Crippen molar-refractivity contribution in [2.24, 2.45) is 5.92 Å². The number of hydrogen-bond donors (Lipinski definition) is 3. The fraction of sp³-hybridized carbons (Fsp3) is 0.417. The Morgan fingerprint density at radius 2 is 2.28 bits per heavy atom. The summed E-state index contributed by atoms with van der Waals surface area (Å²) < 4.78 is 0.698. The van der Waals surface area contributed by atoms with Crippen LogP contribution in [-0.2, 0) is 4.79 Å². The van der Waals surface area contributed by atoms with Gasteiger partial charge in [0.15, 0.2) is 0 Å². The number of rotatable bonds is 3. The van der Waals surface area contributed by atoms with Gasteiger partial charge in [0.05, 0.1) is 17.0 Å². The topological polar surface area (TPSA) is 61.4 Å². The Kier molecular flexibility index (Phi) is 4.14. The summed E-state index contributed by atoms with van der Waals surface area (Å²) in [6.45, 7) is 3.21. The number of benzene rings is 1. The van der Waals surface area contributed by atoms with Crippen LogP contribution in [0.25, 0.3) is 0 Å². The van der Waals surface area contributed by atoms with Crippen LogP contribution in [0.15, 0.2) is 16.6 Å². The molecule has 1 aliphatic heterocycles. The molecule has 0 aromatic heterocycles. The van der Waals surface area contributed by atoms with Gasteiger partial charge >= 0.3 is 0 Å². The molecule has 1 heterocycles. The zero-order chi connectivity index (χ0) is 13.3. The average molecular weight is 334 g/mol. The highest BCUT2D eigenvalue weighted by Crippen LogP contribution is 2.36. The van der Waals surface area contributed by atoms with Gasteiger partial charge in [-0.25, -0.2) is 0 Å². The van der Waals surface area contributed by atoms with Crippen molar-refractivity contribution in [1.82, 2.24) is 10.6 Å². The zero-order valence-corrected chi connectivity index (χ0v) is 12.2. The SMILES string of the molecule is CC(NC(=O)C1CNC1)c1c(O)ccc(Br)c1Cl. The maximum absolute atomic E-state index is 11.8. The van der Waals surface area contributed by atoms with E-state index in [2.05, 4.69) is 26.6 Å². The Bertz CT molecular complexity index is 477. The fourth-order valence-electron chi connectivity index (χ4n) is 1.85. The molecule has 0 saturated carbocycles. The van der Waals surface area contributed by atoms with Crippen molar-refractivity contribution in [3.8, 4) is 5.75 Å². The van der Waals surface area contributed by atoms with E-state index in [0.717, 1.165) is 0 Å². The zero-order valence-electron chi connectivity index (χ0n) is 9.84. The molecule has 1 aromatic rings. The van der Waals surface area contributed by atoms with Gasteiger partial charge in [-0.1, -0.05) is 11.6 Å². The van der Waals surface area contributed by atoms with E-state index < -0.39 is 0 Å². The lowest BCUT2D eigenvalue weighted by atomic mass is 10.0. The third-order valence-corrected chi connectivity index (χ3v) is 4.35. The first-order valence-corrected chi connectivity index (χ1v) is 6.85. The number of carbonyl (C=O) groups is 1. The van der Waals surface area contributed by atoms with Crippen molar-refractivity contribution in [3.05, 3.63) is 27.2 Å². The number of phenols is 1. The maximum atomic E-state index is 11.8. The first-order valence-electron chi connectivity index (χ1n) is 5.68. The molecule has 1 aromatic carbocycles. The molecule has 0 bridgehead atoms. The van der Waals surface area contributed by atoms with Crippen LogP contribution in [0.4, 0.5) is 0 Å². The van der Waals surface area contributed by atoms with Crippen molar-refractivity contribution in [2.45, 2.75) is 13.0 Å². The highest BCUT2D eigenvalue weighted by Gasteiger charge is 2.27. The number of aromatic hydroxyl groups is 1. The lowest BCUT2D eigenvalue weighted by Gasteiger charge is -2.28. The third-order valence-electron chi connectivity index (χ3n) is 3.05. The maximum Gasteiger partial charge on any atom is 0.226 e. The molecule has 0 aliphatic carbocycles. The van der Waals surface area contributed by atoms with Crippen molar-refractivity contribution >= 4 is 33.4 Å². The summed E-state index contributed by atoms with van der Waals surface area (Å²) in [6.07, 6.45) is 0. The molecule has 1 atom stereocenters. The van der Waals surface area contributed by atoms with Crippen LogP contribution >= 0.6 is 27.5 Å². The van der Waals surface area contributed by atoms with Crippen LogP contribution in [0.3, 0.4) is 0 Å². The number of nitrogens with one attached hydrogen (secondary N) is 2. The molecule has 1 saturated heterocycles. The van der Waals surface area contributed by atoms with Crippen molar-refractivity contribution in [2.75, 3.05) is 13.1 Å². The van der Waals surface area contributed by atoms with Gasteiger partial charge in [0.1, 0.15) is 5.75 Å². The molecule has 18 heavy (non-hydrogen) atoms. The molecule has 2 rings (SSSR count). The number of halogens is 2. The summed E-state index contributed by atoms with van der Waals surface area (Å²) in [4.78, 5) is 11.8. The molecule has 4 nitrogen and oxygen atoms in total. The summed E-state index contributed by atoms with van der Waals surface area (Å²) in [7, 11) is 0. The molecule has 1 aliphatic rings. The normalized spacial score (nSPS) is 17.1. The molecule has 1 fully saturated rings. The van der Waals surface area contributed by atoms with Crippen molar-refractivity contribution < 1.29 is 9.90 Å². The minimum atomic E-state index is -0.330. The van der Waals surface area contributed by atoms with Gasteiger partial charge in [-0.2, -0.15) is 0 Å². The van der Waals surface area contributed by atoms with E-state index in [1.54, 1.807) is 19.1 Å². The first kappa shape index (κ1) is 13.6. The van der Waals surface area contributed by atoms with E-state index >= 15 is 0 Å². The van der Waals surface area contributed by atoms with E-state index in [-0.39, 0.29) is 23.6 Å². The monoisotopic (exact) mass is 332 g/mol. The second-order valence-corrected chi connectivity index (χ2v) is 5.61. The predicted molar refractivity (Wildman–Crippen MR) is 73.7 cm³/mol. The van der Waals surface area contributed by atoms with Gasteiger partial charge in [-0.15, -0.1) is 0 Å². The van der Waals surface area contributed by atoms with Crippen LogP contribution in [0, 0.1) is 5.92 Å². The van der Waals surface area contributed by atoms with Crippen LogP contribution in [-0.4, -0.2) is 24.1 Å². The van der Waals surface area contributed by atoms with Gasteiger partial charge in [-0.05, 0) is 35.0 Å². The fourth-order valence-corrected chi connectivity index (χ4v) is 2.51. The van der Waals surface area contributed by atoms with Crippen molar-refractivity contribution in [1.29, 1.82) is 0 Å². The summed E-state index contributed by atoms with van der Waals surface area (Å²) in [5.74, 6) is 0.0833. The molecule has 3 N–H and O–H groups in total. The van der Waals surface area contributed by atoms with Crippen LogP contribution in [0.2, 0.25) is 5.02 Å². The quantitative estimate of drug-likeness (QED) is 0.795. The number of carbonyl (C=O) groups excluding carboxylic acids is 1. The Hall–Kier alpha value is -0.780. The van der Waals surface area contributed by atoms with Crippen LogP contribution in [0.5, 0.6) is 5.75 Å². The first-order chi connectivity index (χ1) is 8.50. The number of amides is 1. The van der Waals surface area contributed by atoms with E-state index in [0.29, 0.717) is 28.1 Å². The Morgan fingerprint density at radius 3 is 2.83 bits per heavy atom.